The molecule has 130 valence electrons. The summed E-state index contributed by atoms with van der Waals surface area (Å²) in [4.78, 5) is 4.40. The molecule has 0 aromatic rings. The molecule has 0 N–H and O–H groups in total. The molecule has 0 aliphatic heterocycles. The summed E-state index contributed by atoms with van der Waals surface area (Å²) < 4.78 is 11.8. The zero-order chi connectivity index (χ0) is 16.7. The monoisotopic (exact) mass is 319 g/mol. The smallest absolute Gasteiger partial charge is 0.215 e. The van der Waals surface area contributed by atoms with E-state index in [4.69, 9.17) is 9.47 Å². The van der Waals surface area contributed by atoms with Crippen molar-refractivity contribution in [2.24, 2.45) is 10.9 Å². The summed E-state index contributed by atoms with van der Waals surface area (Å²) in [5.41, 5.74) is 2.32. The van der Waals surface area contributed by atoms with Gasteiger partial charge in [-0.2, -0.15) is 0 Å². The first-order valence-corrected chi connectivity index (χ1v) is 9.25. The van der Waals surface area contributed by atoms with Crippen LogP contribution < -0.4 is 0 Å². The van der Waals surface area contributed by atoms with E-state index in [9.17, 15) is 0 Å². The minimum Gasteiger partial charge on any atom is -0.474 e. The van der Waals surface area contributed by atoms with Gasteiger partial charge in [-0.3, -0.25) is 4.99 Å². The summed E-state index contributed by atoms with van der Waals surface area (Å²) in [6.07, 6.45) is 13.6. The Morgan fingerprint density at radius 2 is 2.04 bits per heavy atom. The van der Waals surface area contributed by atoms with Crippen LogP contribution in [-0.2, 0) is 9.47 Å². The molecule has 3 heteroatoms. The number of rotatable bonds is 7. The van der Waals surface area contributed by atoms with Crippen LogP contribution >= 0.6 is 0 Å². The number of ether oxygens (including phenoxy) is 2. The summed E-state index contributed by atoms with van der Waals surface area (Å²) in [6, 6.07) is 0. The van der Waals surface area contributed by atoms with E-state index < -0.39 is 0 Å². The highest BCUT2D eigenvalue weighted by molar-refractivity contribution is 5.97. The Hall–Kier alpha value is -1.09. The Morgan fingerprint density at radius 1 is 1.30 bits per heavy atom. The van der Waals surface area contributed by atoms with Crippen molar-refractivity contribution in [3.8, 4) is 0 Å². The third-order valence-electron chi connectivity index (χ3n) is 5.30. The number of methoxy groups -OCH3 is 1. The zero-order valence-electron chi connectivity index (χ0n) is 15.1. The van der Waals surface area contributed by atoms with Crippen LogP contribution in [-0.4, -0.2) is 32.3 Å². The van der Waals surface area contributed by atoms with Crippen LogP contribution in [0.4, 0.5) is 0 Å². The van der Waals surface area contributed by atoms with Crippen molar-refractivity contribution in [1.82, 2.24) is 0 Å². The van der Waals surface area contributed by atoms with Gasteiger partial charge in [-0.25, -0.2) is 0 Å². The van der Waals surface area contributed by atoms with Gasteiger partial charge in [-0.1, -0.05) is 26.0 Å². The van der Waals surface area contributed by atoms with Crippen molar-refractivity contribution in [2.45, 2.75) is 76.9 Å². The molecule has 3 nitrogen and oxygen atoms in total. The van der Waals surface area contributed by atoms with Crippen molar-refractivity contribution in [3.05, 3.63) is 23.8 Å². The van der Waals surface area contributed by atoms with E-state index in [1.165, 1.54) is 31.3 Å². The second-order valence-corrected chi connectivity index (χ2v) is 6.82. The molecule has 0 heterocycles. The second-order valence-electron chi connectivity index (χ2n) is 6.82. The van der Waals surface area contributed by atoms with E-state index in [0.29, 0.717) is 18.1 Å². The van der Waals surface area contributed by atoms with Crippen molar-refractivity contribution in [1.29, 1.82) is 0 Å². The van der Waals surface area contributed by atoms with Crippen LogP contribution in [0, 0.1) is 5.92 Å². The number of allylic oxidation sites excluding steroid dienone is 1. The van der Waals surface area contributed by atoms with Gasteiger partial charge in [0.25, 0.3) is 0 Å². The van der Waals surface area contributed by atoms with Crippen molar-refractivity contribution in [3.63, 3.8) is 0 Å². The molecule has 2 atom stereocenters. The van der Waals surface area contributed by atoms with Crippen LogP contribution in [0.1, 0.15) is 64.7 Å². The Bertz CT molecular complexity index is 443. The molecule has 0 amide bonds. The number of nitrogens with zero attached hydrogens (tertiary/aromatic N) is 1. The van der Waals surface area contributed by atoms with Gasteiger partial charge in [0.15, 0.2) is 0 Å². The minimum atomic E-state index is 0.321. The molecule has 0 radical (unpaired) electrons. The highest BCUT2D eigenvalue weighted by Crippen LogP contribution is 2.36. The van der Waals surface area contributed by atoms with Gasteiger partial charge in [0.1, 0.15) is 6.10 Å². The quantitative estimate of drug-likeness (QED) is 0.484. The number of aliphatic imine (C=N–C) groups is 1. The van der Waals surface area contributed by atoms with Crippen molar-refractivity contribution in [2.75, 3.05) is 14.2 Å². The summed E-state index contributed by atoms with van der Waals surface area (Å²) in [5.74, 6) is 1.28. The molecule has 0 spiro atoms. The summed E-state index contributed by atoms with van der Waals surface area (Å²) >= 11 is 0. The fourth-order valence-corrected chi connectivity index (χ4v) is 3.85. The fourth-order valence-electron chi connectivity index (χ4n) is 3.85. The van der Waals surface area contributed by atoms with Gasteiger partial charge in [0, 0.05) is 19.7 Å². The normalized spacial score (nSPS) is 24.4. The van der Waals surface area contributed by atoms with E-state index in [-0.39, 0.29) is 0 Å². The van der Waals surface area contributed by atoms with Crippen LogP contribution in [0.3, 0.4) is 0 Å². The molecule has 0 aromatic heterocycles. The third kappa shape index (κ3) is 4.94. The van der Waals surface area contributed by atoms with Gasteiger partial charge in [-0.05, 0) is 62.9 Å². The summed E-state index contributed by atoms with van der Waals surface area (Å²) in [7, 11) is 3.63. The lowest BCUT2D eigenvalue weighted by atomic mass is 9.89. The fraction of sp³-hybridized carbons (Fsp3) is 0.750. The van der Waals surface area contributed by atoms with Crippen molar-refractivity contribution < 1.29 is 9.47 Å². The molecular weight excluding hydrogens is 286 g/mol. The molecule has 0 bridgehead atoms. The first-order chi connectivity index (χ1) is 11.2. The molecular formula is C20H33NO2. The molecule has 1 saturated carbocycles. The minimum absolute atomic E-state index is 0.321. The van der Waals surface area contributed by atoms with E-state index in [2.05, 4.69) is 24.6 Å². The maximum Gasteiger partial charge on any atom is 0.215 e. The Balaban J connectivity index is 1.98. The average molecular weight is 319 g/mol. The maximum atomic E-state index is 6.20. The molecule has 1 fully saturated rings. The topological polar surface area (TPSA) is 30.8 Å². The lowest BCUT2D eigenvalue weighted by Crippen LogP contribution is -2.24. The lowest BCUT2D eigenvalue weighted by Gasteiger charge is -2.26. The average Bonchev–Trinajstić information content (AvgIpc) is 3.06. The molecule has 2 aliphatic carbocycles. The van der Waals surface area contributed by atoms with E-state index in [0.717, 1.165) is 43.6 Å². The third-order valence-corrected chi connectivity index (χ3v) is 5.30. The zero-order valence-corrected chi connectivity index (χ0v) is 15.1. The van der Waals surface area contributed by atoms with Crippen molar-refractivity contribution >= 4 is 5.90 Å². The molecule has 23 heavy (non-hydrogen) atoms. The Morgan fingerprint density at radius 3 is 2.65 bits per heavy atom. The molecule has 0 saturated heterocycles. The summed E-state index contributed by atoms with van der Waals surface area (Å²) in [5, 5.41) is 0. The SMILES string of the molecule is C=C(C1=CCC[C@@H]1C[C@@H](CC)OC)C(=NC)OC1CCCCC1. The Kier molecular flexibility index (Phi) is 7.35. The number of hydrogen-bond donors (Lipinski definition) is 0. The largest absolute Gasteiger partial charge is 0.474 e. The van der Waals surface area contributed by atoms with Gasteiger partial charge in [0.05, 0.1) is 6.10 Å². The van der Waals surface area contributed by atoms with Gasteiger partial charge >= 0.3 is 0 Å². The van der Waals surface area contributed by atoms with Gasteiger partial charge in [-0.15, -0.1) is 0 Å². The highest BCUT2D eigenvalue weighted by Gasteiger charge is 2.27. The van der Waals surface area contributed by atoms with Crippen LogP contribution in [0.5, 0.6) is 0 Å². The molecule has 2 aliphatic rings. The molecule has 0 unspecified atom stereocenters. The van der Waals surface area contributed by atoms with Gasteiger partial charge in [0.2, 0.25) is 5.90 Å². The van der Waals surface area contributed by atoms with Crippen LogP contribution in [0.15, 0.2) is 28.8 Å². The first kappa shape index (κ1) is 18.3. The van der Waals surface area contributed by atoms with E-state index in [1.807, 2.05) is 14.2 Å². The van der Waals surface area contributed by atoms with E-state index in [1.54, 1.807) is 0 Å². The highest BCUT2D eigenvalue weighted by atomic mass is 16.5. The Labute approximate surface area is 141 Å². The van der Waals surface area contributed by atoms with Gasteiger partial charge < -0.3 is 9.47 Å². The maximum absolute atomic E-state index is 6.20. The molecule has 0 aromatic carbocycles. The summed E-state index contributed by atoms with van der Waals surface area (Å²) in [6.45, 7) is 6.50. The second kappa shape index (κ2) is 9.27. The first-order valence-electron chi connectivity index (χ1n) is 9.25. The van der Waals surface area contributed by atoms with Crippen LogP contribution in [0.2, 0.25) is 0 Å². The lowest BCUT2D eigenvalue weighted by molar-refractivity contribution is 0.0815. The standard InChI is InChI=1S/C20H33NO2/c1-5-17(22-4)14-16-10-9-13-19(16)15(2)20(21-3)23-18-11-7-6-8-12-18/h13,16-18H,2,5-12,14H2,1,3-4H3/t16-,17-/m1/s1. The number of hydrogen-bond acceptors (Lipinski definition) is 3. The van der Waals surface area contributed by atoms with E-state index >= 15 is 0 Å². The van der Waals surface area contributed by atoms with Crippen LogP contribution in [0.25, 0.3) is 0 Å². The predicted octanol–water partition coefficient (Wildman–Crippen LogP) is 5.07. The predicted molar refractivity (Wildman–Crippen MR) is 97.0 cm³/mol. The molecule has 2 rings (SSSR count).